The lowest BCUT2D eigenvalue weighted by molar-refractivity contribution is 0.803. The van der Waals surface area contributed by atoms with Crippen LogP contribution >= 0.6 is 0 Å². The Kier molecular flexibility index (Phi) is 2.12. The molecule has 0 aliphatic heterocycles. The third-order valence-corrected chi connectivity index (χ3v) is 1.70. The second-order valence-corrected chi connectivity index (χ2v) is 2.53. The van der Waals surface area contributed by atoms with Crippen LogP contribution in [-0.4, -0.2) is 15.0 Å². The molecule has 1 aromatic heterocycles. The van der Waals surface area contributed by atoms with Crippen molar-refractivity contribution in [2.24, 2.45) is 5.11 Å². The second kappa shape index (κ2) is 3.59. The standard InChI is InChI=1S/C8H6N6/c9-12-11-7-3-1-2-4-8(7)14-6-5-10-13-14/h1-6H. The van der Waals surface area contributed by atoms with Crippen LogP contribution in [-0.2, 0) is 0 Å². The summed E-state index contributed by atoms with van der Waals surface area (Å²) in [6.45, 7) is 0. The zero-order valence-corrected chi connectivity index (χ0v) is 7.15. The molecule has 0 saturated carbocycles. The molecule has 14 heavy (non-hydrogen) atoms. The van der Waals surface area contributed by atoms with Crippen molar-refractivity contribution in [1.29, 1.82) is 0 Å². The normalized spacial score (nSPS) is 9.43. The van der Waals surface area contributed by atoms with E-state index in [1.807, 2.05) is 6.07 Å². The van der Waals surface area contributed by atoms with E-state index in [9.17, 15) is 0 Å². The van der Waals surface area contributed by atoms with Crippen LogP contribution in [0.2, 0.25) is 0 Å². The predicted octanol–water partition coefficient (Wildman–Crippen LogP) is 2.21. The van der Waals surface area contributed by atoms with Crippen molar-refractivity contribution >= 4 is 5.69 Å². The Balaban J connectivity index is 2.57. The third kappa shape index (κ3) is 1.41. The molecule has 2 rings (SSSR count). The highest BCUT2D eigenvalue weighted by Crippen LogP contribution is 2.21. The fraction of sp³-hybridized carbons (Fsp3) is 0. The molecular formula is C8H6N6. The van der Waals surface area contributed by atoms with Gasteiger partial charge in [0.05, 0.1) is 23.8 Å². The molecule has 0 bridgehead atoms. The molecule has 1 aromatic carbocycles. The average molecular weight is 186 g/mol. The van der Waals surface area contributed by atoms with Crippen LogP contribution in [0.25, 0.3) is 16.1 Å². The molecular weight excluding hydrogens is 180 g/mol. The molecule has 0 amide bonds. The van der Waals surface area contributed by atoms with E-state index >= 15 is 0 Å². The molecule has 0 fully saturated rings. The van der Waals surface area contributed by atoms with Gasteiger partial charge in [-0.2, -0.15) is 0 Å². The lowest BCUT2D eigenvalue weighted by atomic mass is 10.3. The van der Waals surface area contributed by atoms with Crippen molar-refractivity contribution in [3.63, 3.8) is 0 Å². The summed E-state index contributed by atoms with van der Waals surface area (Å²) in [7, 11) is 0. The van der Waals surface area contributed by atoms with Gasteiger partial charge in [-0.15, -0.1) is 5.10 Å². The smallest absolute Gasteiger partial charge is 0.0759 e. The van der Waals surface area contributed by atoms with Gasteiger partial charge in [0, 0.05) is 4.91 Å². The fourth-order valence-electron chi connectivity index (χ4n) is 1.13. The molecule has 1 heterocycles. The highest BCUT2D eigenvalue weighted by molar-refractivity contribution is 5.55. The molecule has 0 N–H and O–H groups in total. The molecule has 0 unspecified atom stereocenters. The van der Waals surface area contributed by atoms with Gasteiger partial charge in [0.2, 0.25) is 0 Å². The Labute approximate surface area is 79.4 Å². The van der Waals surface area contributed by atoms with Crippen molar-refractivity contribution in [2.75, 3.05) is 0 Å². The minimum atomic E-state index is 0.528. The number of hydrogen-bond donors (Lipinski definition) is 0. The molecule has 0 spiro atoms. The monoisotopic (exact) mass is 186 g/mol. The van der Waals surface area contributed by atoms with E-state index in [0.717, 1.165) is 0 Å². The highest BCUT2D eigenvalue weighted by atomic mass is 15.4. The van der Waals surface area contributed by atoms with Crippen molar-refractivity contribution in [3.05, 3.63) is 47.1 Å². The Hall–Kier alpha value is -2.33. The van der Waals surface area contributed by atoms with E-state index in [-0.39, 0.29) is 0 Å². The van der Waals surface area contributed by atoms with Gasteiger partial charge in [-0.05, 0) is 11.6 Å². The quantitative estimate of drug-likeness (QED) is 0.409. The first-order chi connectivity index (χ1) is 6.92. The van der Waals surface area contributed by atoms with E-state index < -0.39 is 0 Å². The van der Waals surface area contributed by atoms with Crippen LogP contribution in [0.15, 0.2) is 41.8 Å². The number of azide groups is 1. The molecule has 0 radical (unpaired) electrons. The summed E-state index contributed by atoms with van der Waals surface area (Å²) in [4.78, 5) is 2.74. The summed E-state index contributed by atoms with van der Waals surface area (Å²) in [5.74, 6) is 0. The Morgan fingerprint density at radius 1 is 1.36 bits per heavy atom. The van der Waals surface area contributed by atoms with Gasteiger partial charge in [0.25, 0.3) is 0 Å². The van der Waals surface area contributed by atoms with Crippen molar-refractivity contribution in [1.82, 2.24) is 15.0 Å². The van der Waals surface area contributed by atoms with Crippen LogP contribution in [0, 0.1) is 0 Å². The molecule has 6 heteroatoms. The minimum absolute atomic E-state index is 0.528. The Morgan fingerprint density at radius 2 is 2.21 bits per heavy atom. The molecule has 6 nitrogen and oxygen atoms in total. The predicted molar refractivity (Wildman–Crippen MR) is 50.2 cm³/mol. The van der Waals surface area contributed by atoms with Gasteiger partial charge >= 0.3 is 0 Å². The van der Waals surface area contributed by atoms with Crippen LogP contribution in [0.1, 0.15) is 0 Å². The van der Waals surface area contributed by atoms with Gasteiger partial charge in [-0.1, -0.05) is 28.5 Å². The van der Waals surface area contributed by atoms with E-state index in [1.54, 1.807) is 35.3 Å². The number of benzene rings is 1. The molecule has 0 aliphatic rings. The van der Waals surface area contributed by atoms with Gasteiger partial charge in [0.1, 0.15) is 0 Å². The summed E-state index contributed by atoms with van der Waals surface area (Å²) >= 11 is 0. The number of para-hydroxylation sites is 1. The topological polar surface area (TPSA) is 79.5 Å². The number of hydrogen-bond acceptors (Lipinski definition) is 3. The summed E-state index contributed by atoms with van der Waals surface area (Å²) in [5.41, 5.74) is 9.59. The summed E-state index contributed by atoms with van der Waals surface area (Å²) in [6.07, 6.45) is 3.25. The molecule has 2 aromatic rings. The first kappa shape index (κ1) is 8.28. The van der Waals surface area contributed by atoms with Gasteiger partial charge in [-0.3, -0.25) is 0 Å². The van der Waals surface area contributed by atoms with Crippen LogP contribution in [0.3, 0.4) is 0 Å². The summed E-state index contributed by atoms with van der Waals surface area (Å²) in [5, 5.41) is 11.0. The van der Waals surface area contributed by atoms with Crippen molar-refractivity contribution in [2.45, 2.75) is 0 Å². The first-order valence-electron chi connectivity index (χ1n) is 3.92. The number of rotatable bonds is 2. The average Bonchev–Trinajstić information content (AvgIpc) is 2.72. The molecule has 0 atom stereocenters. The van der Waals surface area contributed by atoms with Crippen LogP contribution in [0.5, 0.6) is 0 Å². The first-order valence-corrected chi connectivity index (χ1v) is 3.92. The maximum atomic E-state index is 8.35. The Bertz CT molecular complexity index is 468. The van der Waals surface area contributed by atoms with Crippen molar-refractivity contribution in [3.8, 4) is 5.69 Å². The zero-order chi connectivity index (χ0) is 9.80. The maximum absolute atomic E-state index is 8.35. The molecule has 0 aliphatic carbocycles. The van der Waals surface area contributed by atoms with Gasteiger partial charge < -0.3 is 0 Å². The molecule has 68 valence electrons. The van der Waals surface area contributed by atoms with Gasteiger partial charge in [-0.25, -0.2) is 4.68 Å². The van der Waals surface area contributed by atoms with Gasteiger partial charge in [0.15, 0.2) is 0 Å². The van der Waals surface area contributed by atoms with Crippen LogP contribution in [0.4, 0.5) is 5.69 Å². The SMILES string of the molecule is [N-]=[N+]=Nc1ccccc1-n1ccnn1. The Morgan fingerprint density at radius 3 is 2.93 bits per heavy atom. The lowest BCUT2D eigenvalue weighted by Crippen LogP contribution is -1.94. The lowest BCUT2D eigenvalue weighted by Gasteiger charge is -2.02. The summed E-state index contributed by atoms with van der Waals surface area (Å²) in [6, 6.07) is 7.16. The van der Waals surface area contributed by atoms with Crippen molar-refractivity contribution < 1.29 is 0 Å². The zero-order valence-electron chi connectivity index (χ0n) is 7.15. The van der Waals surface area contributed by atoms with E-state index in [4.69, 9.17) is 5.53 Å². The largest absolute Gasteiger partial charge is 0.220 e. The van der Waals surface area contributed by atoms with E-state index in [1.165, 1.54) is 0 Å². The van der Waals surface area contributed by atoms with E-state index in [2.05, 4.69) is 20.3 Å². The second-order valence-electron chi connectivity index (χ2n) is 2.53. The minimum Gasteiger partial charge on any atom is -0.220 e. The number of nitrogens with zero attached hydrogens (tertiary/aromatic N) is 6. The highest BCUT2D eigenvalue weighted by Gasteiger charge is 2.01. The number of aromatic nitrogens is 3. The summed E-state index contributed by atoms with van der Waals surface area (Å²) < 4.78 is 1.55. The third-order valence-electron chi connectivity index (χ3n) is 1.70. The fourth-order valence-corrected chi connectivity index (χ4v) is 1.13. The molecule has 0 saturated heterocycles. The van der Waals surface area contributed by atoms with E-state index in [0.29, 0.717) is 11.4 Å². The van der Waals surface area contributed by atoms with Crippen LogP contribution < -0.4 is 0 Å². The maximum Gasteiger partial charge on any atom is 0.0759 e.